The number of nitrogens with zero attached hydrogens (tertiary/aromatic N) is 1. The van der Waals surface area contributed by atoms with Gasteiger partial charge in [0.15, 0.2) is 0 Å². The van der Waals surface area contributed by atoms with Gasteiger partial charge in [-0.15, -0.1) is 0 Å². The van der Waals surface area contributed by atoms with Crippen LogP contribution < -0.4 is 5.73 Å². The molecule has 0 radical (unpaired) electrons. The molecule has 4 nitrogen and oxygen atoms in total. The van der Waals surface area contributed by atoms with E-state index in [1.54, 1.807) is 12.1 Å². The van der Waals surface area contributed by atoms with Gasteiger partial charge in [-0.3, -0.25) is 0 Å². The first-order valence-corrected chi connectivity index (χ1v) is 6.30. The summed E-state index contributed by atoms with van der Waals surface area (Å²) in [6.07, 6.45) is 0. The van der Waals surface area contributed by atoms with Crippen molar-refractivity contribution in [1.29, 1.82) is 5.26 Å². The van der Waals surface area contributed by atoms with Crippen LogP contribution in [0.2, 0.25) is 5.02 Å². The third-order valence-electron chi connectivity index (χ3n) is 2.77. The Morgan fingerprint density at radius 2 is 2.14 bits per heavy atom. The normalized spacial score (nSPS) is 9.95. The third kappa shape index (κ3) is 3.30. The van der Waals surface area contributed by atoms with E-state index in [9.17, 15) is 9.18 Å². The number of nitrogens with two attached hydrogens (primary N) is 1. The van der Waals surface area contributed by atoms with Gasteiger partial charge in [0, 0.05) is 11.3 Å². The number of esters is 1. The number of carbonyl (C=O) groups excluding carboxylic acids is 1. The van der Waals surface area contributed by atoms with E-state index >= 15 is 0 Å². The second-order valence-corrected chi connectivity index (χ2v) is 4.61. The lowest BCUT2D eigenvalue weighted by molar-refractivity contribution is 0.0469. The topological polar surface area (TPSA) is 76.1 Å². The quantitative estimate of drug-likeness (QED) is 0.697. The fraction of sp³-hybridized carbons (Fsp3) is 0.0667. The Morgan fingerprint density at radius 3 is 2.86 bits per heavy atom. The summed E-state index contributed by atoms with van der Waals surface area (Å²) in [5, 5.41) is 8.93. The molecule has 0 saturated carbocycles. The number of nitrogen functional groups attached to an aromatic ring is 1. The summed E-state index contributed by atoms with van der Waals surface area (Å²) in [5.41, 5.74) is 6.05. The lowest BCUT2D eigenvalue weighted by Crippen LogP contribution is -2.08. The SMILES string of the molecule is N#Cc1cccc(COC(=O)c2cc(N)ccc2Cl)c1F. The lowest BCUT2D eigenvalue weighted by atomic mass is 10.1. The van der Waals surface area contributed by atoms with Crippen LogP contribution in [0, 0.1) is 17.1 Å². The van der Waals surface area contributed by atoms with Crippen LogP contribution >= 0.6 is 11.6 Å². The van der Waals surface area contributed by atoms with Gasteiger partial charge < -0.3 is 10.5 Å². The van der Waals surface area contributed by atoms with Crippen LogP contribution in [-0.4, -0.2) is 5.97 Å². The maximum absolute atomic E-state index is 13.8. The van der Waals surface area contributed by atoms with Crippen LogP contribution in [0.3, 0.4) is 0 Å². The van der Waals surface area contributed by atoms with E-state index in [4.69, 9.17) is 27.3 Å². The smallest absolute Gasteiger partial charge is 0.340 e. The van der Waals surface area contributed by atoms with Crippen molar-refractivity contribution in [2.75, 3.05) is 5.73 Å². The van der Waals surface area contributed by atoms with Gasteiger partial charge in [-0.1, -0.05) is 23.7 Å². The van der Waals surface area contributed by atoms with Crippen molar-refractivity contribution in [2.24, 2.45) is 0 Å². The zero-order valence-corrected chi connectivity index (χ0v) is 11.5. The lowest BCUT2D eigenvalue weighted by Gasteiger charge is -2.08. The van der Waals surface area contributed by atoms with Gasteiger partial charge in [0.25, 0.3) is 0 Å². The minimum atomic E-state index is -0.714. The Kier molecular flexibility index (Phi) is 4.41. The number of benzene rings is 2. The van der Waals surface area contributed by atoms with Crippen LogP contribution in [0.1, 0.15) is 21.5 Å². The summed E-state index contributed by atoms with van der Waals surface area (Å²) in [5.74, 6) is -1.42. The number of hydrogen-bond acceptors (Lipinski definition) is 4. The van der Waals surface area contributed by atoms with E-state index in [1.807, 2.05) is 0 Å². The van der Waals surface area contributed by atoms with Gasteiger partial charge in [0.2, 0.25) is 0 Å². The molecule has 106 valence electrons. The highest BCUT2D eigenvalue weighted by atomic mass is 35.5. The third-order valence-corrected chi connectivity index (χ3v) is 3.10. The molecule has 0 saturated heterocycles. The summed E-state index contributed by atoms with van der Waals surface area (Å²) >= 11 is 5.88. The molecular weight excluding hydrogens is 295 g/mol. The van der Waals surface area contributed by atoms with Crippen LogP contribution in [0.15, 0.2) is 36.4 Å². The molecule has 0 aliphatic carbocycles. The van der Waals surface area contributed by atoms with E-state index < -0.39 is 11.8 Å². The van der Waals surface area contributed by atoms with E-state index in [1.165, 1.54) is 30.3 Å². The Morgan fingerprint density at radius 1 is 1.38 bits per heavy atom. The van der Waals surface area contributed by atoms with Crippen molar-refractivity contribution in [3.05, 3.63) is 63.9 Å². The van der Waals surface area contributed by atoms with Gasteiger partial charge in [-0.2, -0.15) is 5.26 Å². The molecule has 21 heavy (non-hydrogen) atoms. The summed E-state index contributed by atoms with van der Waals surface area (Å²) in [4.78, 5) is 11.9. The fourth-order valence-corrected chi connectivity index (χ4v) is 1.89. The van der Waals surface area contributed by atoms with Crippen molar-refractivity contribution in [3.8, 4) is 6.07 Å². The Balaban J connectivity index is 2.15. The standard InChI is InChI=1S/C15H10ClFN2O2/c16-13-5-4-11(19)6-12(13)15(20)21-8-10-3-1-2-9(7-18)14(10)17/h1-6H,8,19H2. The van der Waals surface area contributed by atoms with Gasteiger partial charge in [0.05, 0.1) is 16.1 Å². The molecule has 0 aromatic heterocycles. The van der Waals surface area contributed by atoms with Crippen LogP contribution in [-0.2, 0) is 11.3 Å². The molecular formula is C15H10ClFN2O2. The summed E-state index contributed by atoms with van der Waals surface area (Å²) in [7, 11) is 0. The molecule has 2 rings (SSSR count). The maximum Gasteiger partial charge on any atom is 0.340 e. The van der Waals surface area contributed by atoms with Crippen molar-refractivity contribution in [1.82, 2.24) is 0 Å². The zero-order chi connectivity index (χ0) is 15.4. The van der Waals surface area contributed by atoms with Crippen molar-refractivity contribution >= 4 is 23.3 Å². The molecule has 6 heteroatoms. The molecule has 2 aromatic rings. The predicted octanol–water partition coefficient (Wildman–Crippen LogP) is 3.29. The van der Waals surface area contributed by atoms with E-state index in [0.717, 1.165) is 0 Å². The molecule has 0 unspecified atom stereocenters. The Bertz CT molecular complexity index is 741. The number of carbonyl (C=O) groups is 1. The van der Waals surface area contributed by atoms with E-state index in [0.29, 0.717) is 5.69 Å². The summed E-state index contributed by atoms with van der Waals surface area (Å²) in [6, 6.07) is 10.4. The predicted molar refractivity (Wildman–Crippen MR) is 76.1 cm³/mol. The molecule has 0 heterocycles. The number of hydrogen-bond donors (Lipinski definition) is 1. The second-order valence-electron chi connectivity index (χ2n) is 4.21. The van der Waals surface area contributed by atoms with Gasteiger partial charge in [-0.05, 0) is 24.3 Å². The molecule has 0 spiro atoms. The highest BCUT2D eigenvalue weighted by molar-refractivity contribution is 6.33. The van der Waals surface area contributed by atoms with E-state index in [-0.39, 0.29) is 28.3 Å². The number of rotatable bonds is 3. The van der Waals surface area contributed by atoms with Crippen molar-refractivity contribution in [3.63, 3.8) is 0 Å². The minimum absolute atomic E-state index is 0.105. The highest BCUT2D eigenvalue weighted by Crippen LogP contribution is 2.21. The molecule has 0 atom stereocenters. The van der Waals surface area contributed by atoms with Crippen molar-refractivity contribution < 1.29 is 13.9 Å². The zero-order valence-electron chi connectivity index (χ0n) is 10.8. The van der Waals surface area contributed by atoms with E-state index in [2.05, 4.69) is 0 Å². The molecule has 2 N–H and O–H groups in total. The monoisotopic (exact) mass is 304 g/mol. The summed E-state index contributed by atoms with van der Waals surface area (Å²) < 4.78 is 18.8. The minimum Gasteiger partial charge on any atom is -0.457 e. The van der Waals surface area contributed by atoms with Gasteiger partial charge in [0.1, 0.15) is 18.5 Å². The molecule has 0 aliphatic rings. The molecule has 2 aromatic carbocycles. The average molecular weight is 305 g/mol. The molecule has 0 aliphatic heterocycles. The fourth-order valence-electron chi connectivity index (χ4n) is 1.70. The maximum atomic E-state index is 13.8. The van der Waals surface area contributed by atoms with Gasteiger partial charge in [-0.25, -0.2) is 9.18 Å². The number of nitriles is 1. The molecule has 0 fully saturated rings. The Hall–Kier alpha value is -2.58. The van der Waals surface area contributed by atoms with Gasteiger partial charge >= 0.3 is 5.97 Å². The Labute approximate surface area is 125 Å². The first-order chi connectivity index (χ1) is 10.0. The van der Waals surface area contributed by atoms with Crippen molar-refractivity contribution in [2.45, 2.75) is 6.61 Å². The number of anilines is 1. The first-order valence-electron chi connectivity index (χ1n) is 5.92. The van der Waals surface area contributed by atoms with Crippen LogP contribution in [0.4, 0.5) is 10.1 Å². The van der Waals surface area contributed by atoms with Crippen LogP contribution in [0.25, 0.3) is 0 Å². The molecule has 0 bridgehead atoms. The molecule has 0 amide bonds. The van der Waals surface area contributed by atoms with Crippen LogP contribution in [0.5, 0.6) is 0 Å². The summed E-state index contributed by atoms with van der Waals surface area (Å²) in [6.45, 7) is -0.300. The number of halogens is 2. The first kappa shape index (κ1) is 14.8. The highest BCUT2D eigenvalue weighted by Gasteiger charge is 2.14. The average Bonchev–Trinajstić information content (AvgIpc) is 2.48. The second kappa shape index (κ2) is 6.25. The number of ether oxygens (including phenoxy) is 1. The largest absolute Gasteiger partial charge is 0.457 e.